The summed E-state index contributed by atoms with van der Waals surface area (Å²) >= 11 is 0. The van der Waals surface area contributed by atoms with Gasteiger partial charge in [0.05, 0.1) is 12.3 Å². The highest BCUT2D eigenvalue weighted by Gasteiger charge is 2.06. The predicted octanol–water partition coefficient (Wildman–Crippen LogP) is 0.589. The van der Waals surface area contributed by atoms with Gasteiger partial charge in [-0.25, -0.2) is 0 Å². The van der Waals surface area contributed by atoms with Crippen LogP contribution in [-0.2, 0) is 13.6 Å². The molecule has 0 aliphatic rings. The Morgan fingerprint density at radius 3 is 2.79 bits per heavy atom. The first-order chi connectivity index (χ1) is 6.67. The summed E-state index contributed by atoms with van der Waals surface area (Å²) in [5, 5.41) is 16.5. The maximum Gasteiger partial charge on any atom is 0.0638 e. The predicted molar refractivity (Wildman–Crippen MR) is 55.9 cm³/mol. The van der Waals surface area contributed by atoms with E-state index in [0.29, 0.717) is 0 Å². The molecular weight excluding hydrogens is 178 g/mol. The molecule has 80 valence electrons. The molecule has 0 unspecified atom stereocenters. The largest absolute Gasteiger partial charge is 0.395 e. The lowest BCUT2D eigenvalue weighted by Crippen LogP contribution is -2.31. The van der Waals surface area contributed by atoms with Gasteiger partial charge in [0.25, 0.3) is 0 Å². The van der Waals surface area contributed by atoms with Gasteiger partial charge in [0.1, 0.15) is 0 Å². The monoisotopic (exact) mass is 197 g/mol. The standard InChI is InChI=1S/C10H19N3O/c1-4-10(7-14)11-5-9-6-13(3)12-8(9)2/h6,10-11,14H,4-5,7H2,1-3H3/t10-/m1/s1. The molecule has 4 heteroatoms. The van der Waals surface area contributed by atoms with Crippen LogP contribution in [0, 0.1) is 6.92 Å². The molecule has 0 spiro atoms. The Labute approximate surface area is 84.9 Å². The van der Waals surface area contributed by atoms with Crippen molar-refractivity contribution in [2.75, 3.05) is 6.61 Å². The zero-order valence-corrected chi connectivity index (χ0v) is 9.12. The highest BCUT2D eigenvalue weighted by atomic mass is 16.3. The van der Waals surface area contributed by atoms with Crippen LogP contribution in [0.25, 0.3) is 0 Å². The topological polar surface area (TPSA) is 50.1 Å². The Morgan fingerprint density at radius 1 is 1.64 bits per heavy atom. The highest BCUT2D eigenvalue weighted by Crippen LogP contribution is 2.04. The van der Waals surface area contributed by atoms with Gasteiger partial charge in [0.15, 0.2) is 0 Å². The molecule has 2 N–H and O–H groups in total. The second kappa shape index (κ2) is 5.12. The minimum Gasteiger partial charge on any atom is -0.395 e. The fourth-order valence-corrected chi connectivity index (χ4v) is 1.41. The quantitative estimate of drug-likeness (QED) is 0.726. The fraction of sp³-hybridized carbons (Fsp3) is 0.700. The normalized spacial score (nSPS) is 13.1. The summed E-state index contributed by atoms with van der Waals surface area (Å²) in [5.41, 5.74) is 2.24. The molecule has 1 heterocycles. The van der Waals surface area contributed by atoms with Crippen molar-refractivity contribution in [2.24, 2.45) is 7.05 Å². The Bertz CT molecular complexity index is 279. The van der Waals surface area contributed by atoms with Crippen LogP contribution >= 0.6 is 0 Å². The van der Waals surface area contributed by atoms with Gasteiger partial charge in [-0.1, -0.05) is 6.92 Å². The molecule has 1 atom stereocenters. The summed E-state index contributed by atoms with van der Waals surface area (Å²) in [5.74, 6) is 0. The number of hydrogen-bond donors (Lipinski definition) is 2. The number of aryl methyl sites for hydroxylation is 2. The average Bonchev–Trinajstić information content (AvgIpc) is 2.47. The summed E-state index contributed by atoms with van der Waals surface area (Å²) < 4.78 is 1.81. The number of aromatic nitrogens is 2. The fourth-order valence-electron chi connectivity index (χ4n) is 1.41. The van der Waals surface area contributed by atoms with Crippen LogP contribution in [0.4, 0.5) is 0 Å². The SMILES string of the molecule is CC[C@H](CO)NCc1cn(C)nc1C. The smallest absolute Gasteiger partial charge is 0.0638 e. The van der Waals surface area contributed by atoms with Gasteiger partial charge < -0.3 is 10.4 Å². The average molecular weight is 197 g/mol. The van der Waals surface area contributed by atoms with E-state index in [4.69, 9.17) is 5.11 Å². The minimum absolute atomic E-state index is 0.189. The lowest BCUT2D eigenvalue weighted by Gasteiger charge is -2.12. The third kappa shape index (κ3) is 2.82. The third-order valence-corrected chi connectivity index (χ3v) is 2.41. The van der Waals surface area contributed by atoms with Crippen LogP contribution < -0.4 is 5.32 Å². The molecule has 1 aromatic rings. The van der Waals surface area contributed by atoms with Gasteiger partial charge in [0, 0.05) is 31.4 Å². The molecule has 0 radical (unpaired) electrons. The molecule has 0 amide bonds. The number of nitrogens with zero attached hydrogens (tertiary/aromatic N) is 2. The Morgan fingerprint density at radius 2 is 2.36 bits per heavy atom. The van der Waals surface area contributed by atoms with Crippen molar-refractivity contribution in [3.63, 3.8) is 0 Å². The van der Waals surface area contributed by atoms with Crippen LogP contribution in [0.3, 0.4) is 0 Å². The summed E-state index contributed by atoms with van der Waals surface area (Å²) in [4.78, 5) is 0. The summed E-state index contributed by atoms with van der Waals surface area (Å²) in [7, 11) is 1.92. The van der Waals surface area contributed by atoms with Crippen LogP contribution in [0.2, 0.25) is 0 Å². The molecule has 14 heavy (non-hydrogen) atoms. The molecule has 0 bridgehead atoms. The van der Waals surface area contributed by atoms with Gasteiger partial charge in [0.2, 0.25) is 0 Å². The van der Waals surface area contributed by atoms with Gasteiger partial charge in [-0.05, 0) is 13.3 Å². The Balaban J connectivity index is 2.48. The Kier molecular flexibility index (Phi) is 4.10. The third-order valence-electron chi connectivity index (χ3n) is 2.41. The van der Waals surface area contributed by atoms with Gasteiger partial charge in [-0.3, -0.25) is 4.68 Å². The van der Waals surface area contributed by atoms with Crippen molar-refractivity contribution in [1.82, 2.24) is 15.1 Å². The molecule has 4 nitrogen and oxygen atoms in total. The number of hydrogen-bond acceptors (Lipinski definition) is 3. The van der Waals surface area contributed by atoms with E-state index in [9.17, 15) is 0 Å². The van der Waals surface area contributed by atoms with E-state index in [1.54, 1.807) is 0 Å². The number of aliphatic hydroxyl groups is 1. The first-order valence-corrected chi connectivity index (χ1v) is 5.00. The maximum absolute atomic E-state index is 9.00. The zero-order valence-electron chi connectivity index (χ0n) is 9.12. The molecule has 0 saturated heterocycles. The lowest BCUT2D eigenvalue weighted by molar-refractivity contribution is 0.238. The first kappa shape index (κ1) is 11.2. The molecule has 1 rings (SSSR count). The Hall–Kier alpha value is -0.870. The van der Waals surface area contributed by atoms with E-state index in [-0.39, 0.29) is 12.6 Å². The highest BCUT2D eigenvalue weighted by molar-refractivity contribution is 5.14. The second-order valence-corrected chi connectivity index (χ2v) is 3.58. The van der Waals surface area contributed by atoms with Crippen molar-refractivity contribution in [3.8, 4) is 0 Å². The van der Waals surface area contributed by atoms with Crippen molar-refractivity contribution in [2.45, 2.75) is 32.9 Å². The zero-order chi connectivity index (χ0) is 10.6. The maximum atomic E-state index is 9.00. The van der Waals surface area contributed by atoms with Crippen molar-refractivity contribution in [1.29, 1.82) is 0 Å². The first-order valence-electron chi connectivity index (χ1n) is 5.00. The molecule has 1 aromatic heterocycles. The van der Waals surface area contributed by atoms with Crippen LogP contribution in [0.1, 0.15) is 24.6 Å². The van der Waals surface area contributed by atoms with Gasteiger partial charge in [-0.2, -0.15) is 5.10 Å². The number of aliphatic hydroxyl groups excluding tert-OH is 1. The number of nitrogens with one attached hydrogen (secondary N) is 1. The van der Waals surface area contributed by atoms with E-state index < -0.39 is 0 Å². The van der Waals surface area contributed by atoms with E-state index in [2.05, 4.69) is 17.3 Å². The van der Waals surface area contributed by atoms with Crippen molar-refractivity contribution >= 4 is 0 Å². The van der Waals surface area contributed by atoms with Crippen molar-refractivity contribution < 1.29 is 5.11 Å². The second-order valence-electron chi connectivity index (χ2n) is 3.58. The van der Waals surface area contributed by atoms with Crippen LogP contribution in [0.5, 0.6) is 0 Å². The number of rotatable bonds is 5. The summed E-state index contributed by atoms with van der Waals surface area (Å²) in [6, 6.07) is 0.189. The summed E-state index contributed by atoms with van der Waals surface area (Å²) in [6.45, 7) is 5.02. The van der Waals surface area contributed by atoms with Crippen LogP contribution in [-0.4, -0.2) is 27.5 Å². The van der Waals surface area contributed by atoms with Gasteiger partial charge >= 0.3 is 0 Å². The molecule has 0 aromatic carbocycles. The van der Waals surface area contributed by atoms with E-state index in [0.717, 1.165) is 18.7 Å². The lowest BCUT2D eigenvalue weighted by atomic mass is 10.2. The van der Waals surface area contributed by atoms with Gasteiger partial charge in [-0.15, -0.1) is 0 Å². The summed E-state index contributed by atoms with van der Waals surface area (Å²) in [6.07, 6.45) is 2.95. The minimum atomic E-state index is 0.189. The van der Waals surface area contributed by atoms with E-state index in [1.165, 1.54) is 5.56 Å². The van der Waals surface area contributed by atoms with Crippen LogP contribution in [0.15, 0.2) is 6.20 Å². The molecule has 0 aliphatic carbocycles. The van der Waals surface area contributed by atoms with E-state index >= 15 is 0 Å². The molecule has 0 fully saturated rings. The van der Waals surface area contributed by atoms with Crippen molar-refractivity contribution in [3.05, 3.63) is 17.5 Å². The molecule has 0 saturated carbocycles. The molecule has 0 aliphatic heterocycles. The molecular formula is C10H19N3O. The van der Waals surface area contributed by atoms with E-state index in [1.807, 2.05) is 24.9 Å².